The molecular formula is C29H39Cl2N3O5S. The number of nitrogens with one attached hydrogen (secondary N) is 1. The highest BCUT2D eigenvalue weighted by molar-refractivity contribution is 7.92. The molecular weight excluding hydrogens is 573 g/mol. The molecule has 1 saturated carbocycles. The van der Waals surface area contributed by atoms with Gasteiger partial charge < -0.3 is 15.0 Å². The van der Waals surface area contributed by atoms with Crippen LogP contribution in [0, 0.1) is 0 Å². The summed E-state index contributed by atoms with van der Waals surface area (Å²) in [5.41, 5.74) is 1.08. The standard InChI is InChI=1S/C29H39Cl2N3O5S/c1-4-25(29(36)32-23-11-6-5-7-12-23)33(20-21-16-17-22(30)19-24(21)31)28(35)15-10-18-34(40(3,37)38)26-13-8-9-14-27(26)39-2/h8-9,13-14,16-17,19,23,25H,4-7,10-12,15,18,20H2,1-3H3,(H,32,36). The first-order valence-electron chi connectivity index (χ1n) is 13.7. The topological polar surface area (TPSA) is 96.0 Å². The fourth-order valence-corrected chi connectivity index (χ4v) is 6.55. The van der Waals surface area contributed by atoms with Crippen molar-refractivity contribution in [2.75, 3.05) is 24.2 Å². The molecule has 1 atom stereocenters. The van der Waals surface area contributed by atoms with Crippen LogP contribution in [0.2, 0.25) is 10.0 Å². The second-order valence-corrected chi connectivity index (χ2v) is 12.9. The number of sulfonamides is 1. The van der Waals surface area contributed by atoms with Gasteiger partial charge in [-0.1, -0.05) is 67.6 Å². The second kappa shape index (κ2) is 14.9. The van der Waals surface area contributed by atoms with Crippen LogP contribution in [0.5, 0.6) is 5.75 Å². The van der Waals surface area contributed by atoms with Crippen LogP contribution in [0.4, 0.5) is 5.69 Å². The van der Waals surface area contributed by atoms with Crippen molar-refractivity contribution in [2.24, 2.45) is 0 Å². The number of nitrogens with zero attached hydrogens (tertiary/aromatic N) is 2. The van der Waals surface area contributed by atoms with E-state index in [4.69, 9.17) is 27.9 Å². The van der Waals surface area contributed by atoms with Gasteiger partial charge >= 0.3 is 0 Å². The summed E-state index contributed by atoms with van der Waals surface area (Å²) in [5.74, 6) is -0.0200. The monoisotopic (exact) mass is 611 g/mol. The number of carbonyl (C=O) groups is 2. The lowest BCUT2D eigenvalue weighted by Crippen LogP contribution is -2.51. The van der Waals surface area contributed by atoms with Gasteiger partial charge in [-0.15, -0.1) is 0 Å². The first-order chi connectivity index (χ1) is 19.0. The van der Waals surface area contributed by atoms with Crippen molar-refractivity contribution in [3.63, 3.8) is 0 Å². The van der Waals surface area contributed by atoms with Crippen LogP contribution >= 0.6 is 23.2 Å². The van der Waals surface area contributed by atoms with Crippen LogP contribution in [-0.4, -0.2) is 57.1 Å². The van der Waals surface area contributed by atoms with Gasteiger partial charge in [-0.2, -0.15) is 0 Å². The molecule has 1 aliphatic carbocycles. The molecule has 1 fully saturated rings. The predicted octanol–water partition coefficient (Wildman–Crippen LogP) is 5.80. The molecule has 0 aromatic heterocycles. The first kappa shape index (κ1) is 32.0. The Labute approximate surface area is 248 Å². The van der Waals surface area contributed by atoms with Crippen LogP contribution in [-0.2, 0) is 26.2 Å². The Hall–Kier alpha value is -2.49. The summed E-state index contributed by atoms with van der Waals surface area (Å²) < 4.78 is 31.9. The van der Waals surface area contributed by atoms with E-state index in [2.05, 4.69) is 5.32 Å². The molecule has 2 aromatic carbocycles. The van der Waals surface area contributed by atoms with Gasteiger partial charge in [-0.05, 0) is 55.5 Å². The number of rotatable bonds is 13. The fraction of sp³-hybridized carbons (Fsp3) is 0.517. The third-order valence-corrected chi connectivity index (χ3v) is 8.97. The number of hydrogen-bond acceptors (Lipinski definition) is 5. The molecule has 1 unspecified atom stereocenters. The van der Waals surface area contributed by atoms with Gasteiger partial charge in [-0.3, -0.25) is 13.9 Å². The summed E-state index contributed by atoms with van der Waals surface area (Å²) in [4.78, 5) is 28.7. The van der Waals surface area contributed by atoms with Gasteiger partial charge in [0.1, 0.15) is 11.8 Å². The average molecular weight is 613 g/mol. The maximum atomic E-state index is 13.7. The van der Waals surface area contributed by atoms with E-state index >= 15 is 0 Å². The Morgan fingerprint density at radius 3 is 2.42 bits per heavy atom. The van der Waals surface area contributed by atoms with Crippen molar-refractivity contribution in [3.05, 3.63) is 58.1 Å². The Balaban J connectivity index is 1.80. The molecule has 3 rings (SSSR count). The van der Waals surface area contributed by atoms with E-state index in [-0.39, 0.29) is 43.8 Å². The minimum absolute atomic E-state index is 0.0413. The van der Waals surface area contributed by atoms with E-state index < -0.39 is 16.1 Å². The van der Waals surface area contributed by atoms with Crippen molar-refractivity contribution >= 4 is 50.7 Å². The molecule has 40 heavy (non-hydrogen) atoms. The molecule has 11 heteroatoms. The van der Waals surface area contributed by atoms with Crippen molar-refractivity contribution in [1.29, 1.82) is 0 Å². The van der Waals surface area contributed by atoms with E-state index in [1.807, 2.05) is 6.92 Å². The zero-order valence-electron chi connectivity index (χ0n) is 23.4. The molecule has 0 aliphatic heterocycles. The number of hydrogen-bond donors (Lipinski definition) is 1. The van der Waals surface area contributed by atoms with Gasteiger partial charge in [0.2, 0.25) is 21.8 Å². The Morgan fingerprint density at radius 1 is 1.10 bits per heavy atom. The third kappa shape index (κ3) is 8.75. The van der Waals surface area contributed by atoms with E-state index in [9.17, 15) is 18.0 Å². The number of methoxy groups -OCH3 is 1. The molecule has 8 nitrogen and oxygen atoms in total. The number of halogens is 2. The normalized spacial score (nSPS) is 14.8. The summed E-state index contributed by atoms with van der Waals surface area (Å²) in [6.45, 7) is 2.08. The van der Waals surface area contributed by atoms with Gasteiger partial charge in [0.25, 0.3) is 0 Å². The third-order valence-electron chi connectivity index (χ3n) is 7.20. The molecule has 1 aliphatic rings. The van der Waals surface area contributed by atoms with Crippen LogP contribution in [0.15, 0.2) is 42.5 Å². The van der Waals surface area contributed by atoms with E-state index in [0.29, 0.717) is 33.5 Å². The molecule has 0 radical (unpaired) electrons. The minimum Gasteiger partial charge on any atom is -0.495 e. The van der Waals surface area contributed by atoms with Crippen LogP contribution in [0.1, 0.15) is 63.9 Å². The molecule has 2 amide bonds. The SMILES string of the molecule is CCC(C(=O)NC1CCCCC1)N(Cc1ccc(Cl)cc1Cl)C(=O)CCCN(c1ccccc1OC)S(C)(=O)=O. The summed E-state index contributed by atoms with van der Waals surface area (Å²) >= 11 is 12.5. The maximum Gasteiger partial charge on any atom is 0.243 e. The highest BCUT2D eigenvalue weighted by atomic mass is 35.5. The summed E-state index contributed by atoms with van der Waals surface area (Å²) in [6, 6.07) is 11.3. The molecule has 0 spiro atoms. The largest absolute Gasteiger partial charge is 0.495 e. The van der Waals surface area contributed by atoms with Gasteiger partial charge in [-0.25, -0.2) is 8.42 Å². The van der Waals surface area contributed by atoms with Crippen LogP contribution in [0.3, 0.4) is 0 Å². The van der Waals surface area contributed by atoms with Gasteiger partial charge in [0, 0.05) is 35.6 Å². The predicted molar refractivity (Wildman–Crippen MR) is 161 cm³/mol. The number of carbonyl (C=O) groups excluding carboxylic acids is 2. The smallest absolute Gasteiger partial charge is 0.243 e. The number of amides is 2. The Bertz CT molecular complexity index is 1270. The molecule has 220 valence electrons. The van der Waals surface area contributed by atoms with Crippen molar-refractivity contribution < 1.29 is 22.7 Å². The van der Waals surface area contributed by atoms with E-state index in [1.54, 1.807) is 47.4 Å². The summed E-state index contributed by atoms with van der Waals surface area (Å²) in [5, 5.41) is 4.04. The maximum absolute atomic E-state index is 13.7. The summed E-state index contributed by atoms with van der Waals surface area (Å²) in [7, 11) is -2.17. The zero-order chi connectivity index (χ0) is 29.3. The minimum atomic E-state index is -3.64. The number of benzene rings is 2. The first-order valence-corrected chi connectivity index (χ1v) is 16.3. The van der Waals surface area contributed by atoms with E-state index in [0.717, 1.165) is 31.9 Å². The Kier molecular flexibility index (Phi) is 12.0. The molecule has 1 N–H and O–H groups in total. The molecule has 0 bridgehead atoms. The average Bonchev–Trinajstić information content (AvgIpc) is 2.92. The number of anilines is 1. The van der Waals surface area contributed by atoms with Gasteiger partial charge in [0.15, 0.2) is 0 Å². The van der Waals surface area contributed by atoms with Crippen molar-refractivity contribution in [2.45, 2.75) is 76.9 Å². The molecule has 0 heterocycles. The van der Waals surface area contributed by atoms with Crippen LogP contribution in [0.25, 0.3) is 0 Å². The van der Waals surface area contributed by atoms with Crippen molar-refractivity contribution in [3.8, 4) is 5.75 Å². The molecule has 0 saturated heterocycles. The number of ether oxygens (including phenoxy) is 1. The van der Waals surface area contributed by atoms with Crippen molar-refractivity contribution in [1.82, 2.24) is 10.2 Å². The summed E-state index contributed by atoms with van der Waals surface area (Å²) in [6.07, 6.45) is 7.02. The highest BCUT2D eigenvalue weighted by Gasteiger charge is 2.31. The molecule has 2 aromatic rings. The van der Waals surface area contributed by atoms with Gasteiger partial charge in [0.05, 0.1) is 19.1 Å². The highest BCUT2D eigenvalue weighted by Crippen LogP contribution is 2.30. The quantitative estimate of drug-likeness (QED) is 0.308. The lowest BCUT2D eigenvalue weighted by atomic mass is 9.95. The van der Waals surface area contributed by atoms with E-state index in [1.165, 1.54) is 17.8 Å². The number of para-hydroxylation sites is 2. The van der Waals surface area contributed by atoms with Crippen LogP contribution < -0.4 is 14.4 Å². The lowest BCUT2D eigenvalue weighted by molar-refractivity contribution is -0.141. The lowest BCUT2D eigenvalue weighted by Gasteiger charge is -2.33. The Morgan fingerprint density at radius 2 is 1.80 bits per heavy atom. The zero-order valence-corrected chi connectivity index (χ0v) is 25.7. The fourth-order valence-electron chi connectivity index (χ4n) is 5.12. The second-order valence-electron chi connectivity index (χ2n) is 10.1.